The Morgan fingerprint density at radius 3 is 2.64 bits per heavy atom. The van der Waals surface area contributed by atoms with Crippen LogP contribution in [0.5, 0.6) is 0 Å². The molecular formula is C21H24N4O2S. The number of hydrogen-bond donors (Lipinski definition) is 0. The summed E-state index contributed by atoms with van der Waals surface area (Å²) in [6.45, 7) is 8.63. The fourth-order valence-electron chi connectivity index (χ4n) is 3.41. The Hall–Kier alpha value is -2.38. The molecule has 0 radical (unpaired) electrons. The molecule has 3 heterocycles. The third-order valence-corrected chi connectivity index (χ3v) is 6.17. The van der Waals surface area contributed by atoms with Gasteiger partial charge in [-0.2, -0.15) is 0 Å². The van der Waals surface area contributed by atoms with Gasteiger partial charge in [0.2, 0.25) is 5.91 Å². The van der Waals surface area contributed by atoms with Gasteiger partial charge in [-0.1, -0.05) is 36.9 Å². The Morgan fingerprint density at radius 1 is 1.14 bits per heavy atom. The number of nitrogens with zero attached hydrogens (tertiary/aromatic N) is 4. The van der Waals surface area contributed by atoms with E-state index in [0.717, 1.165) is 48.7 Å². The lowest BCUT2D eigenvalue weighted by atomic mass is 10.2. The van der Waals surface area contributed by atoms with Gasteiger partial charge >= 0.3 is 0 Å². The summed E-state index contributed by atoms with van der Waals surface area (Å²) in [5.41, 5.74) is 0.850. The van der Waals surface area contributed by atoms with Crippen molar-refractivity contribution in [3.8, 4) is 11.6 Å². The number of furan rings is 1. The van der Waals surface area contributed by atoms with Gasteiger partial charge in [0.1, 0.15) is 5.03 Å². The average molecular weight is 397 g/mol. The minimum atomic E-state index is -0.212. The van der Waals surface area contributed by atoms with Crippen LogP contribution in [0.3, 0.4) is 0 Å². The maximum atomic E-state index is 13.0. The van der Waals surface area contributed by atoms with Crippen molar-refractivity contribution in [1.82, 2.24) is 19.8 Å². The van der Waals surface area contributed by atoms with Gasteiger partial charge in [-0.05, 0) is 31.7 Å². The van der Waals surface area contributed by atoms with E-state index in [-0.39, 0.29) is 11.2 Å². The summed E-state index contributed by atoms with van der Waals surface area (Å²) in [6.07, 6.45) is 1.61. The van der Waals surface area contributed by atoms with E-state index in [2.05, 4.69) is 16.8 Å². The molecule has 1 fully saturated rings. The third-order valence-electron chi connectivity index (χ3n) is 5.08. The van der Waals surface area contributed by atoms with Gasteiger partial charge in [0, 0.05) is 31.6 Å². The summed E-state index contributed by atoms with van der Waals surface area (Å²) >= 11 is 1.50. The molecule has 1 aliphatic heterocycles. The number of rotatable bonds is 5. The van der Waals surface area contributed by atoms with E-state index in [9.17, 15) is 4.79 Å². The van der Waals surface area contributed by atoms with Crippen molar-refractivity contribution in [3.05, 3.63) is 42.7 Å². The van der Waals surface area contributed by atoms with E-state index in [4.69, 9.17) is 9.40 Å². The Balaban J connectivity index is 1.57. The second-order valence-corrected chi connectivity index (χ2v) is 8.20. The van der Waals surface area contributed by atoms with Crippen LogP contribution in [0.4, 0.5) is 0 Å². The summed E-state index contributed by atoms with van der Waals surface area (Å²) < 4.78 is 5.48. The highest BCUT2D eigenvalue weighted by Crippen LogP contribution is 2.31. The SMILES string of the molecule is CCN1CCN(C(=O)C(C)Sc2nc(-c3ccco3)nc3ccccc23)CC1. The molecule has 0 bridgehead atoms. The Morgan fingerprint density at radius 2 is 1.93 bits per heavy atom. The summed E-state index contributed by atoms with van der Waals surface area (Å²) in [5.74, 6) is 1.34. The molecule has 1 atom stereocenters. The number of carbonyl (C=O) groups excluding carboxylic acids is 1. The Bertz CT molecular complexity index is 952. The van der Waals surface area contributed by atoms with Gasteiger partial charge in [-0.3, -0.25) is 4.79 Å². The molecule has 0 aliphatic carbocycles. The molecule has 28 heavy (non-hydrogen) atoms. The molecule has 1 amide bonds. The van der Waals surface area contributed by atoms with Crippen LogP contribution in [-0.2, 0) is 4.79 Å². The number of fused-ring (bicyclic) bond motifs is 1. The number of amides is 1. The second-order valence-electron chi connectivity index (χ2n) is 6.87. The van der Waals surface area contributed by atoms with Gasteiger partial charge in [0.25, 0.3) is 0 Å². The Kier molecular flexibility index (Phi) is 5.64. The fraction of sp³-hybridized carbons (Fsp3) is 0.381. The van der Waals surface area contributed by atoms with Gasteiger partial charge in [-0.25, -0.2) is 9.97 Å². The van der Waals surface area contributed by atoms with E-state index < -0.39 is 0 Å². The number of carbonyl (C=O) groups is 1. The molecule has 2 aromatic heterocycles. The summed E-state index contributed by atoms with van der Waals surface area (Å²) in [7, 11) is 0. The molecule has 0 N–H and O–H groups in total. The van der Waals surface area contributed by atoms with Gasteiger partial charge < -0.3 is 14.2 Å². The van der Waals surface area contributed by atoms with Crippen molar-refractivity contribution in [2.45, 2.75) is 24.1 Å². The molecule has 0 saturated carbocycles. The minimum Gasteiger partial charge on any atom is -0.461 e. The topological polar surface area (TPSA) is 62.5 Å². The quantitative estimate of drug-likeness (QED) is 0.486. The standard InChI is InChI=1S/C21H24N4O2S/c1-3-24-10-12-25(13-11-24)21(26)15(2)28-20-16-7-4-5-8-17(16)22-19(23-20)18-9-6-14-27-18/h4-9,14-15H,3,10-13H2,1-2H3. The molecule has 4 rings (SSSR count). The van der Waals surface area contributed by atoms with E-state index in [1.54, 1.807) is 6.26 Å². The first-order valence-electron chi connectivity index (χ1n) is 9.64. The molecule has 1 aliphatic rings. The van der Waals surface area contributed by atoms with E-state index in [1.807, 2.05) is 48.2 Å². The maximum absolute atomic E-state index is 13.0. The largest absolute Gasteiger partial charge is 0.461 e. The molecular weight excluding hydrogens is 372 g/mol. The van der Waals surface area contributed by atoms with Crippen LogP contribution in [0.15, 0.2) is 52.1 Å². The molecule has 6 nitrogen and oxygen atoms in total. The number of thioether (sulfide) groups is 1. The van der Waals surface area contributed by atoms with Crippen LogP contribution in [0.2, 0.25) is 0 Å². The zero-order valence-electron chi connectivity index (χ0n) is 16.2. The molecule has 146 valence electrons. The minimum absolute atomic E-state index is 0.169. The van der Waals surface area contributed by atoms with Crippen LogP contribution in [0, 0.1) is 0 Å². The summed E-state index contributed by atoms with van der Waals surface area (Å²) in [6, 6.07) is 11.6. The second kappa shape index (κ2) is 8.32. The smallest absolute Gasteiger partial charge is 0.235 e. The van der Waals surface area contributed by atoms with Gasteiger partial charge in [0.15, 0.2) is 11.6 Å². The number of piperazine rings is 1. The first-order valence-corrected chi connectivity index (χ1v) is 10.5. The van der Waals surface area contributed by atoms with Gasteiger partial charge in [0.05, 0.1) is 17.0 Å². The fourth-order valence-corrected chi connectivity index (χ4v) is 4.44. The zero-order chi connectivity index (χ0) is 19.5. The molecule has 1 aromatic carbocycles. The highest BCUT2D eigenvalue weighted by Gasteiger charge is 2.26. The van der Waals surface area contributed by atoms with Crippen molar-refractivity contribution in [3.63, 3.8) is 0 Å². The van der Waals surface area contributed by atoms with Crippen LogP contribution in [-0.4, -0.2) is 63.6 Å². The predicted molar refractivity (Wildman–Crippen MR) is 111 cm³/mol. The molecule has 1 unspecified atom stereocenters. The Labute approximate surface area is 168 Å². The monoisotopic (exact) mass is 396 g/mol. The van der Waals surface area contributed by atoms with Crippen molar-refractivity contribution in [2.75, 3.05) is 32.7 Å². The van der Waals surface area contributed by atoms with E-state index in [1.165, 1.54) is 11.8 Å². The lowest BCUT2D eigenvalue weighted by molar-refractivity contribution is -0.132. The number of likely N-dealkylation sites (N-methyl/N-ethyl adjacent to an activating group) is 1. The lowest BCUT2D eigenvalue weighted by Crippen LogP contribution is -2.50. The molecule has 3 aromatic rings. The number of aromatic nitrogens is 2. The highest BCUT2D eigenvalue weighted by molar-refractivity contribution is 8.00. The average Bonchev–Trinajstić information content (AvgIpc) is 3.28. The number of benzene rings is 1. The molecule has 7 heteroatoms. The predicted octanol–water partition coefficient (Wildman–Crippen LogP) is 3.53. The summed E-state index contributed by atoms with van der Waals surface area (Å²) in [4.78, 5) is 26.6. The third kappa shape index (κ3) is 3.91. The normalized spacial score (nSPS) is 16.4. The first-order chi connectivity index (χ1) is 13.7. The van der Waals surface area contributed by atoms with Crippen molar-refractivity contribution in [2.24, 2.45) is 0 Å². The van der Waals surface area contributed by atoms with E-state index in [0.29, 0.717) is 11.6 Å². The van der Waals surface area contributed by atoms with Crippen molar-refractivity contribution in [1.29, 1.82) is 0 Å². The molecule has 0 spiro atoms. The number of hydrogen-bond acceptors (Lipinski definition) is 6. The van der Waals surface area contributed by atoms with Crippen LogP contribution < -0.4 is 0 Å². The van der Waals surface area contributed by atoms with E-state index >= 15 is 0 Å². The van der Waals surface area contributed by atoms with Gasteiger partial charge in [-0.15, -0.1) is 0 Å². The first kappa shape index (κ1) is 19.0. The highest BCUT2D eigenvalue weighted by atomic mass is 32.2. The maximum Gasteiger partial charge on any atom is 0.235 e. The van der Waals surface area contributed by atoms with Crippen LogP contribution in [0.25, 0.3) is 22.5 Å². The zero-order valence-corrected chi connectivity index (χ0v) is 17.0. The van der Waals surface area contributed by atoms with Crippen molar-refractivity contribution >= 4 is 28.6 Å². The van der Waals surface area contributed by atoms with Crippen LogP contribution >= 0.6 is 11.8 Å². The summed E-state index contributed by atoms with van der Waals surface area (Å²) in [5, 5.41) is 1.55. The lowest BCUT2D eigenvalue weighted by Gasteiger charge is -2.35. The number of para-hydroxylation sites is 1. The van der Waals surface area contributed by atoms with Crippen LogP contribution in [0.1, 0.15) is 13.8 Å². The van der Waals surface area contributed by atoms with Crippen molar-refractivity contribution < 1.29 is 9.21 Å². The molecule has 1 saturated heterocycles.